The average Bonchev–Trinajstić information content (AvgIpc) is 2.40. The first-order chi connectivity index (χ1) is 8.38. The van der Waals surface area contributed by atoms with Gasteiger partial charge in [-0.3, -0.25) is 0 Å². The zero-order chi connectivity index (χ0) is 11.9. The smallest absolute Gasteiger partial charge is 0.00792 e. The molecule has 100 valence electrons. The third-order valence-corrected chi connectivity index (χ3v) is 4.61. The van der Waals surface area contributed by atoms with Crippen LogP contribution in [-0.4, -0.2) is 37.1 Å². The monoisotopic (exact) mass is 238 g/mol. The van der Waals surface area contributed by atoms with E-state index in [0.29, 0.717) is 0 Å². The maximum Gasteiger partial charge on any atom is 0.00792 e. The van der Waals surface area contributed by atoms with E-state index in [2.05, 4.69) is 17.1 Å². The van der Waals surface area contributed by atoms with E-state index < -0.39 is 0 Å². The molecule has 17 heavy (non-hydrogen) atoms. The molecule has 2 heteroatoms. The highest BCUT2D eigenvalue weighted by molar-refractivity contribution is 4.76. The van der Waals surface area contributed by atoms with Crippen LogP contribution in [-0.2, 0) is 0 Å². The highest BCUT2D eigenvalue weighted by atomic mass is 15.1. The number of rotatable bonds is 5. The Morgan fingerprint density at radius 2 is 1.88 bits per heavy atom. The van der Waals surface area contributed by atoms with Gasteiger partial charge in [0.05, 0.1) is 0 Å². The SMILES string of the molecule is CCCC1CCN(CCC2CCCCN2)CC1. The third kappa shape index (κ3) is 4.59. The normalized spacial score (nSPS) is 28.4. The molecule has 1 unspecified atom stereocenters. The van der Waals surface area contributed by atoms with Gasteiger partial charge in [0.15, 0.2) is 0 Å². The van der Waals surface area contributed by atoms with Gasteiger partial charge < -0.3 is 10.2 Å². The van der Waals surface area contributed by atoms with Crippen LogP contribution in [0.4, 0.5) is 0 Å². The molecule has 1 N–H and O–H groups in total. The molecule has 2 fully saturated rings. The second-order valence-electron chi connectivity index (χ2n) is 6.01. The Balaban J connectivity index is 1.57. The molecule has 0 aromatic heterocycles. The zero-order valence-corrected chi connectivity index (χ0v) is 11.6. The Bertz CT molecular complexity index is 191. The Morgan fingerprint density at radius 3 is 2.53 bits per heavy atom. The summed E-state index contributed by atoms with van der Waals surface area (Å²) in [5.74, 6) is 1.03. The largest absolute Gasteiger partial charge is 0.314 e. The first-order valence-corrected chi connectivity index (χ1v) is 7.84. The minimum absolute atomic E-state index is 0.817. The predicted molar refractivity (Wildman–Crippen MR) is 74.3 cm³/mol. The molecule has 0 saturated carbocycles. The summed E-state index contributed by atoms with van der Waals surface area (Å²) in [5, 5.41) is 3.66. The van der Waals surface area contributed by atoms with Crippen molar-refractivity contribution in [2.75, 3.05) is 26.2 Å². The lowest BCUT2D eigenvalue weighted by atomic mass is 9.92. The number of nitrogens with zero attached hydrogens (tertiary/aromatic N) is 1. The first kappa shape index (κ1) is 13.4. The summed E-state index contributed by atoms with van der Waals surface area (Å²) < 4.78 is 0. The van der Waals surface area contributed by atoms with Gasteiger partial charge in [-0.05, 0) is 64.2 Å². The molecule has 0 aliphatic carbocycles. The van der Waals surface area contributed by atoms with Crippen LogP contribution in [0, 0.1) is 5.92 Å². The van der Waals surface area contributed by atoms with Crippen molar-refractivity contribution >= 4 is 0 Å². The zero-order valence-electron chi connectivity index (χ0n) is 11.6. The van der Waals surface area contributed by atoms with Crippen LogP contribution in [0.5, 0.6) is 0 Å². The summed E-state index contributed by atoms with van der Waals surface area (Å²) in [6.45, 7) is 7.62. The molecule has 2 heterocycles. The van der Waals surface area contributed by atoms with E-state index in [0.717, 1.165) is 12.0 Å². The Hall–Kier alpha value is -0.0800. The number of nitrogens with one attached hydrogen (secondary N) is 1. The fraction of sp³-hybridized carbons (Fsp3) is 1.00. The standard InChI is InChI=1S/C15H30N2/c1-2-5-14-7-11-17(12-8-14)13-9-15-6-3-4-10-16-15/h14-16H,2-13H2,1H3. The maximum atomic E-state index is 3.66. The van der Waals surface area contributed by atoms with Gasteiger partial charge >= 0.3 is 0 Å². The molecular formula is C15H30N2. The molecule has 0 aromatic rings. The van der Waals surface area contributed by atoms with Crippen LogP contribution < -0.4 is 5.32 Å². The second kappa shape index (κ2) is 7.38. The number of hydrogen-bond donors (Lipinski definition) is 1. The van der Waals surface area contributed by atoms with Crippen molar-refractivity contribution < 1.29 is 0 Å². The Labute approximate surface area is 107 Å². The van der Waals surface area contributed by atoms with Crippen molar-refractivity contribution in [2.24, 2.45) is 5.92 Å². The summed E-state index contributed by atoms with van der Waals surface area (Å²) in [4.78, 5) is 2.70. The van der Waals surface area contributed by atoms with Gasteiger partial charge in [-0.1, -0.05) is 26.2 Å². The van der Waals surface area contributed by atoms with Crippen molar-refractivity contribution in [1.29, 1.82) is 0 Å². The van der Waals surface area contributed by atoms with Gasteiger partial charge in [0, 0.05) is 6.04 Å². The van der Waals surface area contributed by atoms with E-state index >= 15 is 0 Å². The van der Waals surface area contributed by atoms with Crippen molar-refractivity contribution in [2.45, 2.75) is 64.3 Å². The molecule has 2 aliphatic rings. The molecule has 2 saturated heterocycles. The molecule has 0 spiro atoms. The number of piperidine rings is 2. The van der Waals surface area contributed by atoms with E-state index in [1.54, 1.807) is 0 Å². The van der Waals surface area contributed by atoms with Crippen LogP contribution in [0.25, 0.3) is 0 Å². The van der Waals surface area contributed by atoms with Crippen LogP contribution in [0.1, 0.15) is 58.3 Å². The summed E-state index contributed by atoms with van der Waals surface area (Å²) in [6, 6.07) is 0.817. The van der Waals surface area contributed by atoms with Crippen LogP contribution >= 0.6 is 0 Å². The summed E-state index contributed by atoms with van der Waals surface area (Å²) in [7, 11) is 0. The van der Waals surface area contributed by atoms with E-state index in [9.17, 15) is 0 Å². The first-order valence-electron chi connectivity index (χ1n) is 7.84. The summed E-state index contributed by atoms with van der Waals surface area (Å²) in [6.07, 6.45) is 11.3. The summed E-state index contributed by atoms with van der Waals surface area (Å²) >= 11 is 0. The molecule has 2 rings (SSSR count). The summed E-state index contributed by atoms with van der Waals surface area (Å²) in [5.41, 5.74) is 0. The second-order valence-corrected chi connectivity index (χ2v) is 6.01. The van der Waals surface area contributed by atoms with Gasteiger partial charge in [-0.2, -0.15) is 0 Å². The van der Waals surface area contributed by atoms with Gasteiger partial charge in [-0.25, -0.2) is 0 Å². The van der Waals surface area contributed by atoms with Gasteiger partial charge in [-0.15, -0.1) is 0 Å². The van der Waals surface area contributed by atoms with Crippen molar-refractivity contribution in [3.8, 4) is 0 Å². The van der Waals surface area contributed by atoms with Crippen molar-refractivity contribution in [3.05, 3.63) is 0 Å². The fourth-order valence-electron chi connectivity index (χ4n) is 3.42. The molecule has 0 bridgehead atoms. The van der Waals surface area contributed by atoms with E-state index in [1.165, 1.54) is 77.5 Å². The number of hydrogen-bond acceptors (Lipinski definition) is 2. The third-order valence-electron chi connectivity index (χ3n) is 4.61. The molecule has 2 aliphatic heterocycles. The van der Waals surface area contributed by atoms with Gasteiger partial charge in [0.2, 0.25) is 0 Å². The lowest BCUT2D eigenvalue weighted by Gasteiger charge is -2.33. The average molecular weight is 238 g/mol. The van der Waals surface area contributed by atoms with Crippen LogP contribution in [0.15, 0.2) is 0 Å². The molecular weight excluding hydrogens is 208 g/mol. The van der Waals surface area contributed by atoms with Gasteiger partial charge in [0.25, 0.3) is 0 Å². The molecule has 0 radical (unpaired) electrons. The van der Waals surface area contributed by atoms with Crippen LogP contribution in [0.3, 0.4) is 0 Å². The Kier molecular flexibility index (Phi) is 5.79. The minimum atomic E-state index is 0.817. The topological polar surface area (TPSA) is 15.3 Å². The van der Waals surface area contributed by atoms with E-state index in [-0.39, 0.29) is 0 Å². The molecule has 1 atom stereocenters. The number of likely N-dealkylation sites (tertiary alicyclic amines) is 1. The quantitative estimate of drug-likeness (QED) is 0.792. The highest BCUT2D eigenvalue weighted by Crippen LogP contribution is 2.22. The van der Waals surface area contributed by atoms with E-state index in [1.807, 2.05) is 0 Å². The fourth-order valence-corrected chi connectivity index (χ4v) is 3.42. The van der Waals surface area contributed by atoms with Gasteiger partial charge in [0.1, 0.15) is 0 Å². The van der Waals surface area contributed by atoms with Crippen molar-refractivity contribution in [3.63, 3.8) is 0 Å². The minimum Gasteiger partial charge on any atom is -0.314 e. The molecule has 2 nitrogen and oxygen atoms in total. The van der Waals surface area contributed by atoms with E-state index in [4.69, 9.17) is 0 Å². The molecule has 0 aromatic carbocycles. The maximum absolute atomic E-state index is 3.66. The highest BCUT2D eigenvalue weighted by Gasteiger charge is 2.19. The Morgan fingerprint density at radius 1 is 1.06 bits per heavy atom. The van der Waals surface area contributed by atoms with Crippen LogP contribution in [0.2, 0.25) is 0 Å². The molecule has 0 amide bonds. The predicted octanol–water partition coefficient (Wildman–Crippen LogP) is 3.03. The lowest BCUT2D eigenvalue weighted by Crippen LogP contribution is -2.40. The van der Waals surface area contributed by atoms with Crippen molar-refractivity contribution in [1.82, 2.24) is 10.2 Å². The lowest BCUT2D eigenvalue weighted by molar-refractivity contribution is 0.168.